The molecular weight excluding hydrogens is 266 g/mol. The van der Waals surface area contributed by atoms with Gasteiger partial charge in [0.2, 0.25) is 11.8 Å². The van der Waals surface area contributed by atoms with Crippen LogP contribution in [0.5, 0.6) is 0 Å². The predicted molar refractivity (Wildman–Crippen MR) is 84.3 cm³/mol. The monoisotopic (exact) mass is 289 g/mol. The normalized spacial score (nSPS) is 21.7. The standard InChI is InChI=1S/C16H23N3O2/c1-10-6-7-17-15(8-10)16(21)19-13-5-4-11(2)14(9-13)18-12(3)20/h4-5,9-10,15,17H,6-8H2,1-3H3,(H,18,20)(H,19,21). The number of carbonyl (C=O) groups excluding carboxylic acids is 2. The molecule has 0 aliphatic carbocycles. The molecule has 1 heterocycles. The van der Waals surface area contributed by atoms with Crippen molar-refractivity contribution in [1.82, 2.24) is 5.32 Å². The molecule has 5 heteroatoms. The van der Waals surface area contributed by atoms with E-state index in [1.54, 1.807) is 6.07 Å². The molecule has 1 saturated heterocycles. The van der Waals surface area contributed by atoms with Gasteiger partial charge < -0.3 is 16.0 Å². The van der Waals surface area contributed by atoms with Gasteiger partial charge in [-0.25, -0.2) is 0 Å². The van der Waals surface area contributed by atoms with E-state index in [2.05, 4.69) is 22.9 Å². The molecular formula is C16H23N3O2. The molecule has 1 aliphatic heterocycles. The first-order valence-electron chi connectivity index (χ1n) is 7.38. The van der Waals surface area contributed by atoms with Crippen LogP contribution in [0.3, 0.4) is 0 Å². The van der Waals surface area contributed by atoms with Gasteiger partial charge in [-0.1, -0.05) is 13.0 Å². The van der Waals surface area contributed by atoms with Crippen LogP contribution < -0.4 is 16.0 Å². The lowest BCUT2D eigenvalue weighted by molar-refractivity contribution is -0.119. The molecule has 114 valence electrons. The van der Waals surface area contributed by atoms with E-state index in [1.807, 2.05) is 19.1 Å². The smallest absolute Gasteiger partial charge is 0.241 e. The average molecular weight is 289 g/mol. The molecule has 0 saturated carbocycles. The molecule has 1 aliphatic rings. The van der Waals surface area contributed by atoms with Gasteiger partial charge in [0, 0.05) is 18.3 Å². The second kappa shape index (κ2) is 6.72. The van der Waals surface area contributed by atoms with Crippen LogP contribution in [-0.2, 0) is 9.59 Å². The largest absolute Gasteiger partial charge is 0.326 e. The van der Waals surface area contributed by atoms with E-state index >= 15 is 0 Å². The predicted octanol–water partition coefficient (Wildman–Crippen LogP) is 2.28. The Hall–Kier alpha value is -1.88. The van der Waals surface area contributed by atoms with Crippen molar-refractivity contribution in [2.24, 2.45) is 5.92 Å². The SMILES string of the molecule is CC(=O)Nc1cc(NC(=O)C2CC(C)CCN2)ccc1C. The van der Waals surface area contributed by atoms with Crippen molar-refractivity contribution in [3.63, 3.8) is 0 Å². The minimum atomic E-state index is -0.140. The minimum absolute atomic E-state index is 0.0146. The summed E-state index contributed by atoms with van der Waals surface area (Å²) in [4.78, 5) is 23.4. The number of anilines is 2. The zero-order valence-electron chi connectivity index (χ0n) is 12.8. The summed E-state index contributed by atoms with van der Waals surface area (Å²) in [5.41, 5.74) is 2.40. The molecule has 0 aromatic heterocycles. The Balaban J connectivity index is 2.05. The highest BCUT2D eigenvalue weighted by Crippen LogP contribution is 2.21. The summed E-state index contributed by atoms with van der Waals surface area (Å²) in [5, 5.41) is 8.93. The van der Waals surface area contributed by atoms with Gasteiger partial charge in [-0.15, -0.1) is 0 Å². The lowest BCUT2D eigenvalue weighted by atomic mass is 9.94. The van der Waals surface area contributed by atoms with Gasteiger partial charge in [-0.05, 0) is 49.9 Å². The summed E-state index contributed by atoms with van der Waals surface area (Å²) in [6, 6.07) is 5.39. The van der Waals surface area contributed by atoms with Crippen molar-refractivity contribution in [2.45, 2.75) is 39.7 Å². The van der Waals surface area contributed by atoms with E-state index in [4.69, 9.17) is 0 Å². The average Bonchev–Trinajstić information content (AvgIpc) is 2.42. The first-order valence-corrected chi connectivity index (χ1v) is 7.38. The number of aryl methyl sites for hydroxylation is 1. The molecule has 1 fully saturated rings. The van der Waals surface area contributed by atoms with Crippen molar-refractivity contribution in [1.29, 1.82) is 0 Å². The van der Waals surface area contributed by atoms with Gasteiger partial charge in [0.05, 0.1) is 6.04 Å². The van der Waals surface area contributed by atoms with E-state index in [0.29, 0.717) is 11.6 Å². The molecule has 0 spiro atoms. The lowest BCUT2D eigenvalue weighted by Crippen LogP contribution is -2.45. The summed E-state index contributed by atoms with van der Waals surface area (Å²) in [5.74, 6) is 0.429. The van der Waals surface area contributed by atoms with Crippen molar-refractivity contribution < 1.29 is 9.59 Å². The number of piperidine rings is 1. The number of rotatable bonds is 3. The van der Waals surface area contributed by atoms with Crippen LogP contribution in [0.1, 0.15) is 32.3 Å². The number of amides is 2. The van der Waals surface area contributed by atoms with Crippen LogP contribution >= 0.6 is 0 Å². The fraction of sp³-hybridized carbons (Fsp3) is 0.500. The Bertz CT molecular complexity index is 542. The third kappa shape index (κ3) is 4.29. The van der Waals surface area contributed by atoms with E-state index in [1.165, 1.54) is 6.92 Å². The van der Waals surface area contributed by atoms with E-state index in [0.717, 1.165) is 30.6 Å². The minimum Gasteiger partial charge on any atom is -0.326 e. The molecule has 0 radical (unpaired) electrons. The number of hydrogen-bond donors (Lipinski definition) is 3. The molecule has 2 atom stereocenters. The Labute approximate surface area is 125 Å². The maximum absolute atomic E-state index is 12.3. The Morgan fingerprint density at radius 3 is 2.71 bits per heavy atom. The molecule has 1 aromatic rings. The molecule has 0 bridgehead atoms. The molecule has 2 unspecified atom stereocenters. The van der Waals surface area contributed by atoms with Gasteiger partial charge in [0.25, 0.3) is 0 Å². The summed E-state index contributed by atoms with van der Waals surface area (Å²) in [7, 11) is 0. The third-order valence-electron chi connectivity index (χ3n) is 3.80. The third-order valence-corrected chi connectivity index (χ3v) is 3.80. The fourth-order valence-corrected chi connectivity index (χ4v) is 2.56. The van der Waals surface area contributed by atoms with E-state index in [-0.39, 0.29) is 17.9 Å². The van der Waals surface area contributed by atoms with Gasteiger partial charge in [0.15, 0.2) is 0 Å². The maximum atomic E-state index is 12.3. The van der Waals surface area contributed by atoms with Crippen LogP contribution in [-0.4, -0.2) is 24.4 Å². The highest BCUT2D eigenvalue weighted by Gasteiger charge is 2.24. The van der Waals surface area contributed by atoms with Crippen LogP contribution in [0.15, 0.2) is 18.2 Å². The van der Waals surface area contributed by atoms with E-state index < -0.39 is 0 Å². The summed E-state index contributed by atoms with van der Waals surface area (Å²) >= 11 is 0. The lowest BCUT2D eigenvalue weighted by Gasteiger charge is -2.27. The van der Waals surface area contributed by atoms with Crippen LogP contribution in [0.2, 0.25) is 0 Å². The zero-order valence-corrected chi connectivity index (χ0v) is 12.8. The Morgan fingerprint density at radius 1 is 1.29 bits per heavy atom. The van der Waals surface area contributed by atoms with Crippen molar-refractivity contribution in [3.8, 4) is 0 Å². The van der Waals surface area contributed by atoms with Crippen molar-refractivity contribution in [2.75, 3.05) is 17.2 Å². The second-order valence-corrected chi connectivity index (χ2v) is 5.84. The summed E-state index contributed by atoms with van der Waals surface area (Å²) < 4.78 is 0. The summed E-state index contributed by atoms with van der Waals surface area (Å²) in [6.07, 6.45) is 1.97. The first-order chi connectivity index (χ1) is 9.95. The van der Waals surface area contributed by atoms with Crippen LogP contribution in [0.4, 0.5) is 11.4 Å². The molecule has 2 rings (SSSR count). The highest BCUT2D eigenvalue weighted by atomic mass is 16.2. The van der Waals surface area contributed by atoms with E-state index in [9.17, 15) is 9.59 Å². The number of nitrogens with one attached hydrogen (secondary N) is 3. The topological polar surface area (TPSA) is 70.2 Å². The van der Waals surface area contributed by atoms with Gasteiger partial charge in [0.1, 0.15) is 0 Å². The molecule has 5 nitrogen and oxygen atoms in total. The van der Waals surface area contributed by atoms with Gasteiger partial charge in [-0.2, -0.15) is 0 Å². The molecule has 21 heavy (non-hydrogen) atoms. The zero-order chi connectivity index (χ0) is 15.4. The molecule has 1 aromatic carbocycles. The molecule has 3 N–H and O–H groups in total. The maximum Gasteiger partial charge on any atom is 0.241 e. The quantitative estimate of drug-likeness (QED) is 0.799. The fourth-order valence-electron chi connectivity index (χ4n) is 2.56. The summed E-state index contributed by atoms with van der Waals surface area (Å²) in [6.45, 7) is 6.44. The van der Waals surface area contributed by atoms with Gasteiger partial charge >= 0.3 is 0 Å². The van der Waals surface area contributed by atoms with Gasteiger partial charge in [-0.3, -0.25) is 9.59 Å². The Morgan fingerprint density at radius 2 is 2.05 bits per heavy atom. The van der Waals surface area contributed by atoms with Crippen molar-refractivity contribution >= 4 is 23.2 Å². The van der Waals surface area contributed by atoms with Crippen LogP contribution in [0.25, 0.3) is 0 Å². The van der Waals surface area contributed by atoms with Crippen molar-refractivity contribution in [3.05, 3.63) is 23.8 Å². The van der Waals surface area contributed by atoms with Crippen LogP contribution in [0, 0.1) is 12.8 Å². The number of benzene rings is 1. The highest BCUT2D eigenvalue weighted by molar-refractivity contribution is 5.96. The molecule has 2 amide bonds. The first kappa shape index (κ1) is 15.5. The number of hydrogen-bond acceptors (Lipinski definition) is 3. The second-order valence-electron chi connectivity index (χ2n) is 5.84. The number of carbonyl (C=O) groups is 2. The Kier molecular flexibility index (Phi) is 4.96.